The molecule has 9 heteroatoms. The number of amides is 2. The van der Waals surface area contributed by atoms with E-state index in [0.29, 0.717) is 22.7 Å². The Bertz CT molecular complexity index is 1360. The lowest BCUT2D eigenvalue weighted by atomic mass is 10.0. The van der Waals surface area contributed by atoms with Crippen LogP contribution in [0.15, 0.2) is 72.9 Å². The predicted molar refractivity (Wildman–Crippen MR) is 143 cm³/mol. The van der Waals surface area contributed by atoms with Crippen LogP contribution in [0.25, 0.3) is 22.4 Å². The van der Waals surface area contributed by atoms with Crippen LogP contribution < -0.4 is 16.4 Å². The van der Waals surface area contributed by atoms with Gasteiger partial charge < -0.3 is 16.2 Å². The Morgan fingerprint density at radius 2 is 1.73 bits per heavy atom. The Kier molecular flexibility index (Phi) is 8.37. The molecule has 37 heavy (non-hydrogen) atoms. The molecular formula is C28H30N6O3. The molecule has 5 N–H and O–H groups in total. The van der Waals surface area contributed by atoms with Gasteiger partial charge in [-0.25, -0.2) is 14.8 Å². The number of hydrogen-bond acceptors (Lipinski definition) is 6. The van der Waals surface area contributed by atoms with E-state index in [2.05, 4.69) is 37.7 Å². The number of aryl methyl sites for hydroxylation is 1. The molecule has 2 heterocycles. The summed E-state index contributed by atoms with van der Waals surface area (Å²) in [4.78, 5) is 36.9. The molecule has 2 amide bonds. The van der Waals surface area contributed by atoms with E-state index in [1.165, 1.54) is 5.56 Å². The number of nitrogens with zero attached hydrogens (tertiary/aromatic N) is 3. The Morgan fingerprint density at radius 3 is 2.46 bits per heavy atom. The van der Waals surface area contributed by atoms with Gasteiger partial charge in [0.05, 0.1) is 11.9 Å². The largest absolute Gasteiger partial charge is 0.480 e. The molecule has 4 rings (SSSR count). The maximum Gasteiger partial charge on any atom is 0.320 e. The van der Waals surface area contributed by atoms with E-state index in [9.17, 15) is 9.59 Å². The quantitative estimate of drug-likeness (QED) is 0.257. The van der Waals surface area contributed by atoms with Crippen molar-refractivity contribution in [2.45, 2.75) is 44.7 Å². The molecule has 0 aliphatic rings. The minimum atomic E-state index is -1.04. The lowest BCUT2D eigenvalue weighted by Gasteiger charge is -2.14. The van der Waals surface area contributed by atoms with Crippen molar-refractivity contribution in [2.75, 3.05) is 5.32 Å². The fourth-order valence-electron chi connectivity index (χ4n) is 3.96. The van der Waals surface area contributed by atoms with Crippen LogP contribution in [-0.4, -0.2) is 44.1 Å². The second kappa shape index (κ2) is 12.0. The SMILES string of the molecule is C[C@H](CCCc1ccccc1)NC(=O)Nc1ccc2ncc(-c3ccc(CC(N)C(=O)O)cc3)nc2n1. The maximum absolute atomic E-state index is 12.5. The van der Waals surface area contributed by atoms with Crippen molar-refractivity contribution in [3.63, 3.8) is 0 Å². The first-order chi connectivity index (χ1) is 17.9. The third kappa shape index (κ3) is 7.31. The van der Waals surface area contributed by atoms with Gasteiger partial charge in [0, 0.05) is 11.6 Å². The number of urea groups is 1. The lowest BCUT2D eigenvalue weighted by Crippen LogP contribution is -2.36. The minimum absolute atomic E-state index is 0.0172. The first kappa shape index (κ1) is 25.7. The summed E-state index contributed by atoms with van der Waals surface area (Å²) in [5, 5.41) is 14.7. The van der Waals surface area contributed by atoms with Crippen LogP contribution in [0.1, 0.15) is 30.9 Å². The van der Waals surface area contributed by atoms with E-state index in [1.54, 1.807) is 18.3 Å². The summed E-state index contributed by atoms with van der Waals surface area (Å²) >= 11 is 0. The van der Waals surface area contributed by atoms with Gasteiger partial charge in [-0.15, -0.1) is 0 Å². The average Bonchev–Trinajstić information content (AvgIpc) is 2.89. The van der Waals surface area contributed by atoms with Gasteiger partial charge in [0.2, 0.25) is 0 Å². The van der Waals surface area contributed by atoms with Crippen molar-refractivity contribution in [3.8, 4) is 11.3 Å². The highest BCUT2D eigenvalue weighted by atomic mass is 16.4. The number of benzene rings is 2. The molecule has 2 aromatic heterocycles. The summed E-state index contributed by atoms with van der Waals surface area (Å²) in [7, 11) is 0. The van der Waals surface area contributed by atoms with E-state index in [1.807, 2.05) is 49.4 Å². The highest BCUT2D eigenvalue weighted by Gasteiger charge is 2.13. The van der Waals surface area contributed by atoms with Crippen LogP contribution in [0.4, 0.5) is 10.6 Å². The molecule has 0 aliphatic heterocycles. The summed E-state index contributed by atoms with van der Waals surface area (Å²) < 4.78 is 0. The fourth-order valence-corrected chi connectivity index (χ4v) is 3.96. The average molecular weight is 499 g/mol. The van der Waals surface area contributed by atoms with Gasteiger partial charge >= 0.3 is 12.0 Å². The molecule has 0 bridgehead atoms. The number of carbonyl (C=O) groups excluding carboxylic acids is 1. The molecular weight excluding hydrogens is 468 g/mol. The van der Waals surface area contributed by atoms with Crippen molar-refractivity contribution in [3.05, 3.63) is 84.1 Å². The number of hydrogen-bond donors (Lipinski definition) is 4. The number of rotatable bonds is 10. The summed E-state index contributed by atoms with van der Waals surface area (Å²) in [6.07, 6.45) is 4.71. The Hall–Kier alpha value is -4.37. The van der Waals surface area contributed by atoms with Crippen molar-refractivity contribution in [1.82, 2.24) is 20.3 Å². The lowest BCUT2D eigenvalue weighted by molar-refractivity contribution is -0.138. The van der Waals surface area contributed by atoms with Crippen molar-refractivity contribution in [1.29, 1.82) is 0 Å². The van der Waals surface area contributed by atoms with Crippen LogP contribution >= 0.6 is 0 Å². The molecule has 2 aromatic carbocycles. The van der Waals surface area contributed by atoms with Gasteiger partial charge in [-0.3, -0.25) is 15.1 Å². The zero-order valence-electron chi connectivity index (χ0n) is 20.6. The summed E-state index contributed by atoms with van der Waals surface area (Å²) in [5.74, 6) is -0.655. The molecule has 2 atom stereocenters. The van der Waals surface area contributed by atoms with E-state index in [4.69, 9.17) is 10.8 Å². The number of aliphatic carboxylic acids is 1. The highest BCUT2D eigenvalue weighted by Crippen LogP contribution is 2.20. The number of carbonyl (C=O) groups is 2. The van der Waals surface area contributed by atoms with Crippen molar-refractivity contribution >= 4 is 29.0 Å². The van der Waals surface area contributed by atoms with Crippen LogP contribution in [0.5, 0.6) is 0 Å². The molecule has 190 valence electrons. The number of nitrogens with two attached hydrogens (primary N) is 1. The number of anilines is 1. The van der Waals surface area contributed by atoms with Gasteiger partial charge in [0.25, 0.3) is 0 Å². The fraction of sp³-hybridized carbons (Fsp3) is 0.250. The molecule has 4 aromatic rings. The third-order valence-corrected chi connectivity index (χ3v) is 5.99. The zero-order valence-corrected chi connectivity index (χ0v) is 20.6. The number of carboxylic acids is 1. The molecule has 9 nitrogen and oxygen atoms in total. The standard InChI is InChI=1S/C28H30N6O3/c1-18(6-5-9-19-7-3-2-4-8-19)31-28(37)34-25-15-14-23-26(33-25)32-24(17-30-23)21-12-10-20(11-13-21)16-22(29)27(35)36/h2-4,7-8,10-15,17-18,22H,5-6,9,16,29H2,1H3,(H,35,36)(H2,31,32,33,34,37)/t18-,22?/m1/s1. The monoisotopic (exact) mass is 498 g/mol. The summed E-state index contributed by atoms with van der Waals surface area (Å²) in [5.41, 5.74) is 10.2. The van der Waals surface area contributed by atoms with Gasteiger partial charge in [0.15, 0.2) is 5.65 Å². The molecule has 0 saturated carbocycles. The van der Waals surface area contributed by atoms with Crippen molar-refractivity contribution < 1.29 is 14.7 Å². The zero-order chi connectivity index (χ0) is 26.2. The second-order valence-electron chi connectivity index (χ2n) is 9.02. The van der Waals surface area contributed by atoms with Crippen LogP contribution in [-0.2, 0) is 17.6 Å². The topological polar surface area (TPSA) is 143 Å². The third-order valence-electron chi connectivity index (χ3n) is 5.99. The Balaban J connectivity index is 1.35. The van der Waals surface area contributed by atoms with E-state index >= 15 is 0 Å². The number of aromatic nitrogens is 3. The smallest absolute Gasteiger partial charge is 0.320 e. The van der Waals surface area contributed by atoms with Gasteiger partial charge in [-0.1, -0.05) is 54.6 Å². The van der Waals surface area contributed by atoms with E-state index in [-0.39, 0.29) is 18.5 Å². The number of carboxylic acid groups (broad SMARTS) is 1. The number of fused-ring (bicyclic) bond motifs is 1. The van der Waals surface area contributed by atoms with Crippen LogP contribution in [0.2, 0.25) is 0 Å². The van der Waals surface area contributed by atoms with Gasteiger partial charge in [0.1, 0.15) is 17.4 Å². The van der Waals surface area contributed by atoms with Crippen molar-refractivity contribution in [2.24, 2.45) is 5.73 Å². The Morgan fingerprint density at radius 1 is 0.973 bits per heavy atom. The molecule has 0 fully saturated rings. The predicted octanol–water partition coefficient (Wildman–Crippen LogP) is 4.18. The number of nitrogens with one attached hydrogen (secondary N) is 2. The molecule has 0 saturated heterocycles. The molecule has 0 aliphatic carbocycles. The first-order valence-electron chi connectivity index (χ1n) is 12.2. The van der Waals surface area contributed by atoms with Gasteiger partial charge in [-0.2, -0.15) is 0 Å². The summed E-state index contributed by atoms with van der Waals surface area (Å²) in [6.45, 7) is 1.98. The van der Waals surface area contributed by atoms with Crippen LogP contribution in [0.3, 0.4) is 0 Å². The molecule has 1 unspecified atom stereocenters. The second-order valence-corrected chi connectivity index (χ2v) is 9.02. The van der Waals surface area contributed by atoms with E-state index < -0.39 is 12.0 Å². The Labute approximate surface area is 215 Å². The minimum Gasteiger partial charge on any atom is -0.480 e. The normalized spacial score (nSPS) is 12.6. The summed E-state index contributed by atoms with van der Waals surface area (Å²) in [6, 6.07) is 19.8. The number of pyridine rings is 1. The van der Waals surface area contributed by atoms with Gasteiger partial charge in [-0.05, 0) is 55.9 Å². The first-order valence-corrected chi connectivity index (χ1v) is 12.2. The van der Waals surface area contributed by atoms with E-state index in [0.717, 1.165) is 30.4 Å². The molecule has 0 spiro atoms. The van der Waals surface area contributed by atoms with Crippen LogP contribution in [0, 0.1) is 0 Å². The maximum atomic E-state index is 12.5. The molecule has 0 radical (unpaired) electrons. The highest BCUT2D eigenvalue weighted by molar-refractivity contribution is 5.89.